The van der Waals surface area contributed by atoms with Gasteiger partial charge in [-0.2, -0.15) is 5.10 Å². The Morgan fingerprint density at radius 1 is 1.12 bits per heavy atom. The highest BCUT2D eigenvalue weighted by atomic mass is 16.2. The summed E-state index contributed by atoms with van der Waals surface area (Å²) in [7, 11) is 1.74. The number of hydrazone groups is 1. The molecule has 1 amide bonds. The molecule has 0 bridgehead atoms. The number of benzene rings is 2. The molecular weight excluding hydrogens is 424 g/mol. The Bertz CT molecular complexity index is 1140. The van der Waals surface area contributed by atoms with Crippen LogP contribution in [0.25, 0.3) is 22.4 Å². The number of nitrogens with zero attached hydrogens (tertiary/aromatic N) is 5. The van der Waals surface area contributed by atoms with Gasteiger partial charge in [-0.25, -0.2) is 4.98 Å². The van der Waals surface area contributed by atoms with E-state index >= 15 is 0 Å². The van der Waals surface area contributed by atoms with E-state index in [1.165, 1.54) is 19.3 Å². The minimum absolute atomic E-state index is 0.242. The lowest BCUT2D eigenvalue weighted by Gasteiger charge is -2.33. The van der Waals surface area contributed by atoms with Gasteiger partial charge in [-0.15, -0.1) is 0 Å². The number of amides is 1. The summed E-state index contributed by atoms with van der Waals surface area (Å²) in [5.74, 6) is 1.12. The second kappa shape index (κ2) is 11.6. The number of hydrogen-bond donors (Lipinski definition) is 1. The Labute approximate surface area is 201 Å². The highest BCUT2D eigenvalue weighted by molar-refractivity contribution is 6.16. The summed E-state index contributed by atoms with van der Waals surface area (Å²) in [6.45, 7) is 3.49. The number of carbonyl (C=O) groups excluding carboxylic acids is 1. The fourth-order valence-corrected chi connectivity index (χ4v) is 4.83. The van der Waals surface area contributed by atoms with Crippen LogP contribution in [0.15, 0.2) is 58.6 Å². The molecule has 2 aromatic carbocycles. The summed E-state index contributed by atoms with van der Waals surface area (Å²) in [5, 5.41) is 3.90. The standard InChI is InChI=1S/C27H34N6O/c1-3-32(23-9-5-4-6-10-23)26(34)17-20-33-25-12-8-7-11-24(25)31-27(33)21-13-15-22(16-14-21)29-18-19-30-28-2/h7-8,11-16,18-19,23,28H,3-6,9-10,17,20H2,1-2H3. The maximum Gasteiger partial charge on any atom is 0.224 e. The second-order valence-corrected chi connectivity index (χ2v) is 8.62. The predicted octanol–water partition coefficient (Wildman–Crippen LogP) is 5.18. The van der Waals surface area contributed by atoms with Gasteiger partial charge in [0.25, 0.3) is 0 Å². The van der Waals surface area contributed by atoms with E-state index in [1.807, 2.05) is 42.5 Å². The first-order valence-electron chi connectivity index (χ1n) is 12.3. The summed E-state index contributed by atoms with van der Waals surface area (Å²) in [4.78, 5) is 24.6. The van der Waals surface area contributed by atoms with Crippen molar-refractivity contribution < 1.29 is 4.79 Å². The van der Waals surface area contributed by atoms with E-state index < -0.39 is 0 Å². The highest BCUT2D eigenvalue weighted by Gasteiger charge is 2.24. The zero-order valence-corrected chi connectivity index (χ0v) is 20.2. The van der Waals surface area contributed by atoms with Crippen molar-refractivity contribution in [2.45, 2.75) is 58.0 Å². The number of fused-ring (bicyclic) bond motifs is 1. The predicted molar refractivity (Wildman–Crippen MR) is 140 cm³/mol. The molecule has 0 atom stereocenters. The van der Waals surface area contributed by atoms with Gasteiger partial charge in [-0.1, -0.05) is 31.4 Å². The largest absolute Gasteiger partial charge is 0.340 e. The van der Waals surface area contributed by atoms with Gasteiger partial charge >= 0.3 is 0 Å². The third-order valence-electron chi connectivity index (χ3n) is 6.50. The lowest BCUT2D eigenvalue weighted by Crippen LogP contribution is -2.41. The second-order valence-electron chi connectivity index (χ2n) is 8.62. The molecule has 7 heteroatoms. The van der Waals surface area contributed by atoms with Crippen molar-refractivity contribution in [2.24, 2.45) is 10.1 Å². The van der Waals surface area contributed by atoms with Crippen LogP contribution < -0.4 is 5.43 Å². The minimum atomic E-state index is 0.242. The van der Waals surface area contributed by atoms with Crippen molar-refractivity contribution >= 4 is 35.1 Å². The number of aryl methyl sites for hydroxylation is 1. The zero-order chi connectivity index (χ0) is 23.8. The van der Waals surface area contributed by atoms with E-state index in [0.29, 0.717) is 19.0 Å². The van der Waals surface area contributed by atoms with Crippen LogP contribution in [0, 0.1) is 0 Å². The molecule has 178 valence electrons. The molecule has 1 fully saturated rings. The van der Waals surface area contributed by atoms with Gasteiger partial charge in [-0.3, -0.25) is 9.79 Å². The fraction of sp³-hybridized carbons (Fsp3) is 0.407. The van der Waals surface area contributed by atoms with Crippen LogP contribution in [0.4, 0.5) is 5.69 Å². The smallest absolute Gasteiger partial charge is 0.224 e. The number of imidazole rings is 1. The van der Waals surface area contributed by atoms with E-state index in [2.05, 4.69) is 38.0 Å². The van der Waals surface area contributed by atoms with Crippen molar-refractivity contribution in [3.05, 3.63) is 48.5 Å². The Kier molecular flexibility index (Phi) is 8.07. The molecule has 1 aliphatic rings. The number of rotatable bonds is 9. The molecule has 7 nitrogen and oxygen atoms in total. The van der Waals surface area contributed by atoms with Gasteiger partial charge in [-0.05, 0) is 56.2 Å². The molecule has 1 heterocycles. The van der Waals surface area contributed by atoms with E-state index in [9.17, 15) is 4.79 Å². The van der Waals surface area contributed by atoms with Crippen molar-refractivity contribution in [2.75, 3.05) is 13.6 Å². The van der Waals surface area contributed by atoms with Gasteiger partial charge in [0.05, 0.1) is 22.9 Å². The van der Waals surface area contributed by atoms with Crippen molar-refractivity contribution in [1.29, 1.82) is 0 Å². The molecule has 3 aromatic rings. The maximum atomic E-state index is 13.2. The molecule has 0 radical (unpaired) electrons. The highest BCUT2D eigenvalue weighted by Crippen LogP contribution is 2.28. The number of carbonyl (C=O) groups is 1. The molecule has 34 heavy (non-hydrogen) atoms. The van der Waals surface area contributed by atoms with Gasteiger partial charge in [0.15, 0.2) is 0 Å². The van der Waals surface area contributed by atoms with Crippen molar-refractivity contribution in [1.82, 2.24) is 19.9 Å². The Balaban J connectivity index is 1.55. The fourth-order valence-electron chi connectivity index (χ4n) is 4.83. The number of nitrogens with one attached hydrogen (secondary N) is 1. The Morgan fingerprint density at radius 3 is 2.62 bits per heavy atom. The SMILES string of the molecule is CCN(C(=O)CCn1c(-c2ccc(N=CC=NNC)cc2)nc2ccccc21)C1CCCCC1. The summed E-state index contributed by atoms with van der Waals surface area (Å²) < 4.78 is 2.18. The molecule has 1 N–H and O–H groups in total. The summed E-state index contributed by atoms with van der Waals surface area (Å²) >= 11 is 0. The topological polar surface area (TPSA) is 74.9 Å². The zero-order valence-electron chi connectivity index (χ0n) is 20.2. The molecular formula is C27H34N6O. The molecule has 0 aliphatic heterocycles. The first kappa shape index (κ1) is 23.7. The van der Waals surface area contributed by atoms with E-state index in [1.54, 1.807) is 19.5 Å². The summed E-state index contributed by atoms with van der Waals surface area (Å²) in [5.41, 5.74) is 6.53. The molecule has 0 spiro atoms. The van der Waals surface area contributed by atoms with Crippen molar-refractivity contribution in [3.8, 4) is 11.4 Å². The van der Waals surface area contributed by atoms with Crippen LogP contribution in [-0.4, -0.2) is 52.4 Å². The van der Waals surface area contributed by atoms with Crippen LogP contribution in [0.3, 0.4) is 0 Å². The van der Waals surface area contributed by atoms with Gasteiger partial charge in [0.2, 0.25) is 5.91 Å². The molecule has 0 saturated heterocycles. The quantitative estimate of drug-likeness (QED) is 0.354. The lowest BCUT2D eigenvalue weighted by molar-refractivity contribution is -0.134. The normalized spacial score (nSPS) is 14.9. The Morgan fingerprint density at radius 2 is 1.88 bits per heavy atom. The summed E-state index contributed by atoms with van der Waals surface area (Å²) in [6, 6.07) is 16.5. The average molecular weight is 459 g/mol. The van der Waals surface area contributed by atoms with Gasteiger partial charge < -0.3 is 14.9 Å². The van der Waals surface area contributed by atoms with Crippen molar-refractivity contribution in [3.63, 3.8) is 0 Å². The first-order valence-corrected chi connectivity index (χ1v) is 12.3. The van der Waals surface area contributed by atoms with Gasteiger partial charge in [0.1, 0.15) is 5.82 Å². The van der Waals surface area contributed by atoms with Crippen LogP contribution in [0.2, 0.25) is 0 Å². The van der Waals surface area contributed by atoms with Crippen LogP contribution in [-0.2, 0) is 11.3 Å². The number of para-hydroxylation sites is 2. The van der Waals surface area contributed by atoms with Crippen LogP contribution in [0.5, 0.6) is 0 Å². The number of aromatic nitrogens is 2. The molecule has 1 aliphatic carbocycles. The number of hydrogen-bond acceptors (Lipinski definition) is 5. The molecule has 1 saturated carbocycles. The average Bonchev–Trinajstić information content (AvgIpc) is 3.25. The first-order chi connectivity index (χ1) is 16.7. The van der Waals surface area contributed by atoms with Crippen LogP contribution in [0.1, 0.15) is 45.4 Å². The monoisotopic (exact) mass is 458 g/mol. The Hall–Kier alpha value is -3.48. The van der Waals surface area contributed by atoms with E-state index in [4.69, 9.17) is 4.98 Å². The van der Waals surface area contributed by atoms with Gasteiger partial charge in [0, 0.05) is 44.4 Å². The maximum absolute atomic E-state index is 13.2. The lowest BCUT2D eigenvalue weighted by atomic mass is 9.94. The van der Waals surface area contributed by atoms with E-state index in [-0.39, 0.29) is 5.91 Å². The molecule has 4 rings (SSSR count). The summed E-state index contributed by atoms with van der Waals surface area (Å²) in [6.07, 6.45) is 9.75. The van der Waals surface area contributed by atoms with E-state index in [0.717, 1.165) is 47.5 Å². The molecule has 1 aromatic heterocycles. The number of aliphatic imine (C=N–C) groups is 1. The third-order valence-corrected chi connectivity index (χ3v) is 6.50. The minimum Gasteiger partial charge on any atom is -0.340 e. The third kappa shape index (κ3) is 5.53. The van der Waals surface area contributed by atoms with Crippen LogP contribution >= 0.6 is 0 Å². The molecule has 0 unspecified atom stereocenters.